The van der Waals surface area contributed by atoms with Gasteiger partial charge >= 0.3 is 0 Å². The Hall–Kier alpha value is -0.890. The van der Waals surface area contributed by atoms with Crippen molar-refractivity contribution in [3.8, 4) is 0 Å². The molecule has 1 nitrogen and oxygen atoms in total. The van der Waals surface area contributed by atoms with E-state index < -0.39 is 5.60 Å². The van der Waals surface area contributed by atoms with E-state index in [1.807, 2.05) is 32.9 Å². The molecule has 0 unspecified atom stereocenters. The van der Waals surface area contributed by atoms with Gasteiger partial charge in [0.05, 0.1) is 5.60 Å². The van der Waals surface area contributed by atoms with Crippen molar-refractivity contribution in [3.63, 3.8) is 0 Å². The molecule has 0 saturated carbocycles. The maximum absolute atomic E-state index is 14.1. The van der Waals surface area contributed by atoms with E-state index >= 15 is 0 Å². The molecule has 0 aliphatic rings. The summed E-state index contributed by atoms with van der Waals surface area (Å²) in [4.78, 5) is 0. The van der Waals surface area contributed by atoms with Crippen LogP contribution in [0.5, 0.6) is 0 Å². The van der Waals surface area contributed by atoms with Crippen LogP contribution in [0.15, 0.2) is 18.2 Å². The highest BCUT2D eigenvalue weighted by Crippen LogP contribution is 2.30. The van der Waals surface area contributed by atoms with Crippen LogP contribution in [0.4, 0.5) is 4.39 Å². The third kappa shape index (κ3) is 3.29. The highest BCUT2D eigenvalue weighted by atomic mass is 19.1. The highest BCUT2D eigenvalue weighted by molar-refractivity contribution is 5.31. The van der Waals surface area contributed by atoms with Crippen LogP contribution in [0, 0.1) is 5.82 Å². The number of benzene rings is 1. The van der Waals surface area contributed by atoms with Crippen LogP contribution in [0.1, 0.15) is 52.7 Å². The second kappa shape index (κ2) is 4.77. The highest BCUT2D eigenvalue weighted by Gasteiger charge is 2.25. The van der Waals surface area contributed by atoms with Gasteiger partial charge < -0.3 is 4.74 Å². The third-order valence-corrected chi connectivity index (χ3v) is 2.99. The maximum Gasteiger partial charge on any atom is 0.129 e. The summed E-state index contributed by atoms with van der Waals surface area (Å²) >= 11 is 0. The van der Waals surface area contributed by atoms with Crippen molar-refractivity contribution in [3.05, 3.63) is 35.1 Å². The second-order valence-corrected chi connectivity index (χ2v) is 5.89. The van der Waals surface area contributed by atoms with Crippen molar-refractivity contribution in [2.24, 2.45) is 0 Å². The molecule has 0 aliphatic heterocycles. The Labute approximate surface area is 104 Å². The molecule has 2 heteroatoms. The first-order valence-corrected chi connectivity index (χ1v) is 6.13. The van der Waals surface area contributed by atoms with E-state index in [2.05, 4.69) is 20.8 Å². The molecule has 0 aliphatic carbocycles. The summed E-state index contributed by atoms with van der Waals surface area (Å²) < 4.78 is 19.7. The van der Waals surface area contributed by atoms with Gasteiger partial charge in [-0.15, -0.1) is 0 Å². The summed E-state index contributed by atoms with van der Waals surface area (Å²) in [5, 5.41) is 0. The summed E-state index contributed by atoms with van der Waals surface area (Å²) in [6, 6.07) is 5.45. The quantitative estimate of drug-likeness (QED) is 0.758. The van der Waals surface area contributed by atoms with E-state index in [-0.39, 0.29) is 11.2 Å². The van der Waals surface area contributed by atoms with Crippen molar-refractivity contribution in [2.75, 3.05) is 6.61 Å². The second-order valence-electron chi connectivity index (χ2n) is 5.89. The Morgan fingerprint density at radius 2 is 1.71 bits per heavy atom. The molecule has 0 N–H and O–H groups in total. The zero-order chi connectivity index (χ0) is 13.3. The largest absolute Gasteiger partial charge is 0.371 e. The molecule has 96 valence electrons. The zero-order valence-corrected chi connectivity index (χ0v) is 11.7. The molecule has 0 aromatic heterocycles. The maximum atomic E-state index is 14.1. The zero-order valence-electron chi connectivity index (χ0n) is 11.7. The van der Waals surface area contributed by atoms with Crippen molar-refractivity contribution in [2.45, 2.75) is 52.6 Å². The van der Waals surface area contributed by atoms with Crippen molar-refractivity contribution in [1.82, 2.24) is 0 Å². The van der Waals surface area contributed by atoms with Gasteiger partial charge in [0, 0.05) is 12.2 Å². The summed E-state index contributed by atoms with van der Waals surface area (Å²) in [6.07, 6.45) is 0. The van der Waals surface area contributed by atoms with Gasteiger partial charge in [0.25, 0.3) is 0 Å². The minimum absolute atomic E-state index is 0.0326. The molecule has 0 atom stereocenters. The van der Waals surface area contributed by atoms with Gasteiger partial charge in [0.15, 0.2) is 0 Å². The van der Waals surface area contributed by atoms with Crippen LogP contribution >= 0.6 is 0 Å². The Bertz CT molecular complexity index is 388. The van der Waals surface area contributed by atoms with Crippen LogP contribution < -0.4 is 0 Å². The number of hydrogen-bond donors (Lipinski definition) is 0. The van der Waals surface area contributed by atoms with Gasteiger partial charge in [0.2, 0.25) is 0 Å². The molecule has 0 heterocycles. The fourth-order valence-electron chi connectivity index (χ4n) is 1.91. The van der Waals surface area contributed by atoms with Crippen molar-refractivity contribution >= 4 is 0 Å². The minimum atomic E-state index is -0.574. The lowest BCUT2D eigenvalue weighted by atomic mass is 9.85. The molecule has 0 radical (unpaired) electrons. The topological polar surface area (TPSA) is 9.23 Å². The molecular formula is C15H23FO. The molecule has 1 rings (SSSR count). The molecular weight excluding hydrogens is 215 g/mol. The van der Waals surface area contributed by atoms with Crippen LogP contribution in [0.2, 0.25) is 0 Å². The summed E-state index contributed by atoms with van der Waals surface area (Å²) in [7, 11) is 0. The van der Waals surface area contributed by atoms with Crippen molar-refractivity contribution < 1.29 is 9.13 Å². The van der Waals surface area contributed by atoms with Gasteiger partial charge in [-0.1, -0.05) is 32.9 Å². The standard InChI is InChI=1S/C15H23FO/c1-7-17-15(5,6)12-9-8-11(10-13(12)16)14(2,3)4/h8-10H,7H2,1-6H3. The van der Waals surface area contributed by atoms with Crippen molar-refractivity contribution in [1.29, 1.82) is 0 Å². The Kier molecular flexibility index (Phi) is 3.98. The predicted octanol–water partition coefficient (Wildman–Crippen LogP) is 4.39. The van der Waals surface area contributed by atoms with E-state index in [1.54, 1.807) is 6.07 Å². The minimum Gasteiger partial charge on any atom is -0.371 e. The molecule has 0 fully saturated rings. The van der Waals surface area contributed by atoms with E-state index in [9.17, 15) is 4.39 Å². The number of rotatable bonds is 3. The summed E-state index contributed by atoms with van der Waals surface area (Å²) in [5.41, 5.74) is 1.02. The molecule has 0 spiro atoms. The predicted molar refractivity (Wildman–Crippen MR) is 69.8 cm³/mol. The summed E-state index contributed by atoms with van der Waals surface area (Å²) in [5.74, 6) is -0.184. The molecule has 0 amide bonds. The molecule has 0 saturated heterocycles. The first-order valence-electron chi connectivity index (χ1n) is 6.13. The molecule has 1 aromatic carbocycles. The lowest BCUT2D eigenvalue weighted by Gasteiger charge is -2.27. The fourth-order valence-corrected chi connectivity index (χ4v) is 1.91. The smallest absolute Gasteiger partial charge is 0.129 e. The lowest BCUT2D eigenvalue weighted by Crippen LogP contribution is -2.24. The summed E-state index contributed by atoms with van der Waals surface area (Å²) in [6.45, 7) is 12.5. The van der Waals surface area contributed by atoms with Gasteiger partial charge in [-0.2, -0.15) is 0 Å². The van der Waals surface area contributed by atoms with E-state index in [0.717, 1.165) is 5.56 Å². The van der Waals surface area contributed by atoms with Gasteiger partial charge in [0.1, 0.15) is 5.82 Å². The Morgan fingerprint density at radius 1 is 1.12 bits per heavy atom. The Morgan fingerprint density at radius 3 is 2.12 bits per heavy atom. The molecule has 0 bridgehead atoms. The SMILES string of the molecule is CCOC(C)(C)c1ccc(C(C)(C)C)cc1F. The number of ether oxygens (including phenoxy) is 1. The van der Waals surface area contributed by atoms with Gasteiger partial charge in [-0.3, -0.25) is 0 Å². The molecule has 1 aromatic rings. The average molecular weight is 238 g/mol. The monoisotopic (exact) mass is 238 g/mol. The van der Waals surface area contributed by atoms with Crippen LogP contribution in [0.25, 0.3) is 0 Å². The van der Waals surface area contributed by atoms with E-state index in [1.165, 1.54) is 0 Å². The number of hydrogen-bond acceptors (Lipinski definition) is 1. The molecule has 17 heavy (non-hydrogen) atoms. The third-order valence-electron chi connectivity index (χ3n) is 2.99. The first-order chi connectivity index (χ1) is 7.68. The lowest BCUT2D eigenvalue weighted by molar-refractivity contribution is -0.0165. The Balaban J connectivity index is 3.14. The first kappa shape index (κ1) is 14.2. The van der Waals surface area contributed by atoms with Crippen LogP contribution in [-0.4, -0.2) is 6.61 Å². The van der Waals surface area contributed by atoms with Crippen LogP contribution in [-0.2, 0) is 15.8 Å². The van der Waals surface area contributed by atoms with E-state index in [0.29, 0.717) is 12.2 Å². The van der Waals surface area contributed by atoms with Gasteiger partial charge in [-0.05, 0) is 37.8 Å². The van der Waals surface area contributed by atoms with E-state index in [4.69, 9.17) is 4.74 Å². The van der Waals surface area contributed by atoms with Gasteiger partial charge in [-0.25, -0.2) is 4.39 Å². The normalized spacial score (nSPS) is 12.9. The number of halogens is 1. The average Bonchev–Trinajstić information content (AvgIpc) is 2.15. The fraction of sp³-hybridized carbons (Fsp3) is 0.600. The van der Waals surface area contributed by atoms with Crippen LogP contribution in [0.3, 0.4) is 0 Å².